The van der Waals surface area contributed by atoms with Gasteiger partial charge in [-0.25, -0.2) is 0 Å². The van der Waals surface area contributed by atoms with E-state index in [2.05, 4.69) is 30.8 Å². The number of aromatic nitrogens is 4. The van der Waals surface area contributed by atoms with Crippen LogP contribution in [0.1, 0.15) is 32.6 Å². The van der Waals surface area contributed by atoms with Gasteiger partial charge in [0.05, 0.1) is 17.7 Å². The molecule has 114 valence electrons. The van der Waals surface area contributed by atoms with Gasteiger partial charge in [0, 0.05) is 19.0 Å². The Morgan fingerprint density at radius 2 is 2.14 bits per heavy atom. The van der Waals surface area contributed by atoms with E-state index in [0.29, 0.717) is 17.5 Å². The van der Waals surface area contributed by atoms with Crippen molar-refractivity contribution in [3.05, 3.63) is 6.20 Å². The number of aliphatic hydroxyl groups excluding tert-OH is 1. The molecule has 2 unspecified atom stereocenters. The lowest BCUT2D eigenvalue weighted by Crippen LogP contribution is -2.30. The molecule has 0 aliphatic heterocycles. The zero-order valence-electron chi connectivity index (χ0n) is 12.3. The first-order valence-corrected chi connectivity index (χ1v) is 7.65. The van der Waals surface area contributed by atoms with E-state index in [1.807, 2.05) is 6.92 Å². The first-order valence-electron chi connectivity index (χ1n) is 7.65. The van der Waals surface area contributed by atoms with Crippen molar-refractivity contribution in [1.82, 2.24) is 20.2 Å². The van der Waals surface area contributed by atoms with Crippen LogP contribution in [0.25, 0.3) is 11.0 Å². The van der Waals surface area contributed by atoms with Crippen molar-refractivity contribution >= 4 is 22.8 Å². The van der Waals surface area contributed by atoms with Crippen molar-refractivity contribution in [3.8, 4) is 0 Å². The standard InChI is InChI=1S/C14H22N6O/c1-2-15-14-18-12(10-8-17-20-13(10)19-14)16-7-9-5-3-4-6-11(9)21/h8-9,11,21H,2-7H2,1H3,(H3,15,16,17,18,19,20). The normalized spacial score (nSPS) is 22.4. The fourth-order valence-corrected chi connectivity index (χ4v) is 2.86. The van der Waals surface area contributed by atoms with Gasteiger partial charge in [0.15, 0.2) is 5.65 Å². The summed E-state index contributed by atoms with van der Waals surface area (Å²) in [6.07, 6.45) is 5.80. The number of H-pyrrole nitrogens is 1. The Hall–Kier alpha value is -1.89. The molecule has 0 spiro atoms. The van der Waals surface area contributed by atoms with Gasteiger partial charge in [-0.15, -0.1) is 0 Å². The summed E-state index contributed by atoms with van der Waals surface area (Å²) in [5, 5.41) is 24.3. The van der Waals surface area contributed by atoms with E-state index in [9.17, 15) is 5.11 Å². The summed E-state index contributed by atoms with van der Waals surface area (Å²) in [5.74, 6) is 1.64. The van der Waals surface area contributed by atoms with Gasteiger partial charge in [-0.3, -0.25) is 5.10 Å². The fourth-order valence-electron chi connectivity index (χ4n) is 2.86. The predicted octanol–water partition coefficient (Wildman–Crippen LogP) is 1.75. The summed E-state index contributed by atoms with van der Waals surface area (Å²) >= 11 is 0. The van der Waals surface area contributed by atoms with E-state index in [-0.39, 0.29) is 6.10 Å². The minimum Gasteiger partial charge on any atom is -0.393 e. The third-order valence-corrected chi connectivity index (χ3v) is 4.05. The molecular formula is C14H22N6O. The Balaban J connectivity index is 1.77. The second-order valence-corrected chi connectivity index (χ2v) is 5.55. The quantitative estimate of drug-likeness (QED) is 0.669. The molecule has 0 saturated heterocycles. The summed E-state index contributed by atoms with van der Waals surface area (Å²) in [4.78, 5) is 8.86. The molecule has 7 heteroatoms. The van der Waals surface area contributed by atoms with E-state index in [0.717, 1.165) is 43.6 Å². The maximum atomic E-state index is 10.1. The molecule has 21 heavy (non-hydrogen) atoms. The van der Waals surface area contributed by atoms with Gasteiger partial charge in [-0.1, -0.05) is 12.8 Å². The zero-order valence-corrected chi connectivity index (χ0v) is 12.3. The van der Waals surface area contributed by atoms with Crippen LogP contribution in [0.5, 0.6) is 0 Å². The number of fused-ring (bicyclic) bond motifs is 1. The lowest BCUT2D eigenvalue weighted by molar-refractivity contribution is 0.0763. The lowest BCUT2D eigenvalue weighted by Gasteiger charge is -2.27. The molecular weight excluding hydrogens is 268 g/mol. The molecule has 3 rings (SSSR count). The molecule has 1 aliphatic rings. The van der Waals surface area contributed by atoms with Gasteiger partial charge in [0.2, 0.25) is 5.95 Å². The zero-order chi connectivity index (χ0) is 14.7. The van der Waals surface area contributed by atoms with Crippen molar-refractivity contribution in [2.75, 3.05) is 23.7 Å². The molecule has 4 N–H and O–H groups in total. The van der Waals surface area contributed by atoms with Crippen LogP contribution in [0, 0.1) is 5.92 Å². The maximum Gasteiger partial charge on any atom is 0.226 e. The van der Waals surface area contributed by atoms with Gasteiger partial charge >= 0.3 is 0 Å². The van der Waals surface area contributed by atoms with Crippen molar-refractivity contribution < 1.29 is 5.11 Å². The Morgan fingerprint density at radius 1 is 1.29 bits per heavy atom. The number of anilines is 2. The molecule has 7 nitrogen and oxygen atoms in total. The topological polar surface area (TPSA) is 98.8 Å². The summed E-state index contributed by atoms with van der Waals surface area (Å²) in [6.45, 7) is 3.50. The van der Waals surface area contributed by atoms with Crippen molar-refractivity contribution in [3.63, 3.8) is 0 Å². The number of hydrogen-bond donors (Lipinski definition) is 4. The summed E-state index contributed by atoms with van der Waals surface area (Å²) in [6, 6.07) is 0. The average Bonchev–Trinajstić information content (AvgIpc) is 2.95. The summed E-state index contributed by atoms with van der Waals surface area (Å²) < 4.78 is 0. The van der Waals surface area contributed by atoms with Gasteiger partial charge < -0.3 is 15.7 Å². The Kier molecular flexibility index (Phi) is 4.19. The van der Waals surface area contributed by atoms with Crippen LogP contribution in [0.3, 0.4) is 0 Å². The molecule has 0 aromatic carbocycles. The molecule has 2 atom stereocenters. The van der Waals surface area contributed by atoms with Crippen LogP contribution in [0.4, 0.5) is 11.8 Å². The highest BCUT2D eigenvalue weighted by Gasteiger charge is 2.23. The van der Waals surface area contributed by atoms with Crippen molar-refractivity contribution in [2.24, 2.45) is 5.92 Å². The number of aliphatic hydroxyl groups is 1. The highest BCUT2D eigenvalue weighted by atomic mass is 16.3. The van der Waals surface area contributed by atoms with E-state index in [1.54, 1.807) is 6.20 Å². The Labute approximate surface area is 123 Å². The molecule has 1 fully saturated rings. The van der Waals surface area contributed by atoms with Crippen molar-refractivity contribution in [2.45, 2.75) is 38.7 Å². The number of nitrogens with zero attached hydrogens (tertiary/aromatic N) is 3. The predicted molar refractivity (Wildman–Crippen MR) is 82.3 cm³/mol. The van der Waals surface area contributed by atoms with Crippen LogP contribution >= 0.6 is 0 Å². The minimum atomic E-state index is -0.207. The number of hydrogen-bond acceptors (Lipinski definition) is 6. The van der Waals surface area contributed by atoms with Crippen LogP contribution in [0.15, 0.2) is 6.20 Å². The van der Waals surface area contributed by atoms with Crippen molar-refractivity contribution in [1.29, 1.82) is 0 Å². The minimum absolute atomic E-state index is 0.207. The first-order chi connectivity index (χ1) is 10.3. The Bertz CT molecular complexity index is 598. The summed E-state index contributed by atoms with van der Waals surface area (Å²) in [5.41, 5.74) is 0.715. The highest BCUT2D eigenvalue weighted by Crippen LogP contribution is 2.26. The number of rotatable bonds is 5. The fraction of sp³-hybridized carbons (Fsp3) is 0.643. The smallest absolute Gasteiger partial charge is 0.226 e. The molecule has 2 heterocycles. The number of aromatic amines is 1. The van der Waals surface area contributed by atoms with E-state index < -0.39 is 0 Å². The lowest BCUT2D eigenvalue weighted by atomic mass is 9.86. The van der Waals surface area contributed by atoms with Crippen LogP contribution in [-0.4, -0.2) is 44.5 Å². The van der Waals surface area contributed by atoms with Crippen LogP contribution < -0.4 is 10.6 Å². The van der Waals surface area contributed by atoms with E-state index in [1.165, 1.54) is 6.42 Å². The third kappa shape index (κ3) is 3.07. The Morgan fingerprint density at radius 3 is 2.95 bits per heavy atom. The second kappa shape index (κ2) is 6.26. The first kappa shape index (κ1) is 14.1. The molecule has 0 radical (unpaired) electrons. The maximum absolute atomic E-state index is 10.1. The van der Waals surface area contributed by atoms with E-state index >= 15 is 0 Å². The highest BCUT2D eigenvalue weighted by molar-refractivity contribution is 5.86. The van der Waals surface area contributed by atoms with Gasteiger partial charge in [0.25, 0.3) is 0 Å². The molecule has 1 aliphatic carbocycles. The van der Waals surface area contributed by atoms with E-state index in [4.69, 9.17) is 0 Å². The second-order valence-electron chi connectivity index (χ2n) is 5.55. The molecule has 1 saturated carbocycles. The monoisotopic (exact) mass is 290 g/mol. The summed E-state index contributed by atoms with van der Waals surface area (Å²) in [7, 11) is 0. The molecule has 2 aromatic rings. The number of nitrogens with one attached hydrogen (secondary N) is 3. The molecule has 0 bridgehead atoms. The third-order valence-electron chi connectivity index (χ3n) is 4.05. The molecule has 2 aromatic heterocycles. The average molecular weight is 290 g/mol. The van der Waals surface area contributed by atoms with Gasteiger partial charge in [-0.05, 0) is 19.8 Å². The van der Waals surface area contributed by atoms with Crippen LogP contribution in [0.2, 0.25) is 0 Å². The van der Waals surface area contributed by atoms with Crippen LogP contribution in [-0.2, 0) is 0 Å². The largest absolute Gasteiger partial charge is 0.393 e. The SMILES string of the molecule is CCNc1nc(NCC2CCCCC2O)c2cn[nH]c2n1. The molecule has 0 amide bonds. The van der Waals surface area contributed by atoms with Gasteiger partial charge in [0.1, 0.15) is 5.82 Å². The van der Waals surface area contributed by atoms with Gasteiger partial charge in [-0.2, -0.15) is 15.1 Å².